The molecular weight excluding hydrogens is 746 g/mol. The maximum Gasteiger partial charge on any atom is 0.330 e. The number of ketones is 1. The van der Waals surface area contributed by atoms with E-state index in [1.165, 1.54) is 54.2 Å². The number of aromatic nitrogens is 2. The Morgan fingerprint density at radius 1 is 0.792 bits per heavy atom. The van der Waals surface area contributed by atoms with Crippen LogP contribution in [0.5, 0.6) is 0 Å². The van der Waals surface area contributed by atoms with Crippen LogP contribution in [0.15, 0.2) is 131 Å². The number of rotatable bonds is 8. The Balaban J connectivity index is 0.000000203. The van der Waals surface area contributed by atoms with Gasteiger partial charge < -0.3 is 25.8 Å². The fourth-order valence-electron chi connectivity index (χ4n) is 5.36. The van der Waals surface area contributed by atoms with Gasteiger partial charge in [-0.05, 0) is 53.6 Å². The van der Waals surface area contributed by atoms with E-state index < -0.39 is 5.82 Å². The van der Waals surface area contributed by atoms with Gasteiger partial charge in [0.05, 0.1) is 12.6 Å². The highest BCUT2D eigenvalue weighted by Crippen LogP contribution is 2.33. The van der Waals surface area contributed by atoms with Gasteiger partial charge >= 0.3 is 5.97 Å². The highest BCUT2D eigenvalue weighted by molar-refractivity contribution is 9.09. The second-order valence-electron chi connectivity index (χ2n) is 11.3. The van der Waals surface area contributed by atoms with E-state index in [4.69, 9.17) is 11.5 Å². The van der Waals surface area contributed by atoms with Crippen LogP contribution in [-0.4, -0.2) is 33.7 Å². The van der Waals surface area contributed by atoms with Crippen LogP contribution in [0.25, 0.3) is 44.1 Å². The number of pyridine rings is 2. The molecule has 2 heterocycles. The van der Waals surface area contributed by atoms with Crippen molar-refractivity contribution in [2.75, 3.05) is 23.9 Å². The summed E-state index contributed by atoms with van der Waals surface area (Å²) in [7, 11) is 1.35. The Morgan fingerprint density at radius 2 is 1.36 bits per heavy atom. The molecule has 0 amide bonds. The largest absolute Gasteiger partial charge is 0.466 e. The molecule has 0 unspecified atom stereocenters. The van der Waals surface area contributed by atoms with Crippen molar-refractivity contribution in [2.24, 2.45) is 0 Å². The Labute approximate surface area is 312 Å². The molecule has 0 spiro atoms. The summed E-state index contributed by atoms with van der Waals surface area (Å²) in [4.78, 5) is 49.0. The predicted molar refractivity (Wildman–Crippen MR) is 212 cm³/mol. The number of anilines is 2. The van der Waals surface area contributed by atoms with Crippen molar-refractivity contribution in [1.82, 2.24) is 9.55 Å². The smallest absolute Gasteiger partial charge is 0.330 e. The van der Waals surface area contributed by atoms with Crippen molar-refractivity contribution >= 4 is 60.9 Å². The zero-order chi connectivity index (χ0) is 38.5. The van der Waals surface area contributed by atoms with Gasteiger partial charge in [-0.15, -0.1) is 0 Å². The van der Waals surface area contributed by atoms with Crippen LogP contribution in [0.1, 0.15) is 13.3 Å². The fraction of sp³-hybridized carbons (Fsp3) is 0.122. The number of aromatic amines is 1. The molecule has 0 aliphatic heterocycles. The summed E-state index contributed by atoms with van der Waals surface area (Å²) in [6, 6.07) is 26.9. The lowest BCUT2D eigenvalue weighted by molar-refractivity contribution is -0.134. The van der Waals surface area contributed by atoms with E-state index in [1.807, 2.05) is 60.7 Å². The number of nitrogen functional groups attached to an aromatic ring is 2. The highest BCUT2D eigenvalue weighted by atomic mass is 79.9. The van der Waals surface area contributed by atoms with E-state index in [-0.39, 0.29) is 46.6 Å². The van der Waals surface area contributed by atoms with Crippen LogP contribution in [0, 0.1) is 11.6 Å². The molecule has 5 N–H and O–H groups in total. The molecule has 0 aliphatic rings. The van der Waals surface area contributed by atoms with Crippen LogP contribution >= 0.6 is 15.9 Å². The number of carbonyl (C=O) groups excluding carboxylic acids is 2. The number of fused-ring (bicyclic) bond motifs is 2. The molecule has 0 atom stereocenters. The Hall–Kier alpha value is -6.14. The molecule has 6 aromatic rings. The second-order valence-corrected chi connectivity index (χ2v) is 12.0. The summed E-state index contributed by atoms with van der Waals surface area (Å²) in [5.74, 6) is -1.11. The second kappa shape index (κ2) is 18.9. The zero-order valence-electron chi connectivity index (χ0n) is 28.9. The van der Waals surface area contributed by atoms with Gasteiger partial charge in [0, 0.05) is 51.8 Å². The number of halogens is 3. The van der Waals surface area contributed by atoms with Crippen molar-refractivity contribution < 1.29 is 23.1 Å². The van der Waals surface area contributed by atoms with Gasteiger partial charge in [-0.1, -0.05) is 95.7 Å². The standard InChI is InChI=1S/C21H19FN2O2.C15H11FN2O.C5H7BrO2/c1-2-16(25)9-6-12-24-18-11-10-15(22)13-17(18)19(20(23)21(24)26)14-7-4-3-5-8-14;16-10-6-7-12-11(8-10)13(14(17)15(19)18-12)9-4-2-1-3-5-9;1-8-5(7)3-2-4-6/h3-11,13H,2,12,23H2,1H3;1-8H,17H2,(H,18,19);2-3H,4H2,1H3/b9-6+;;3-2+. The molecule has 2 aromatic heterocycles. The number of nitrogens with zero attached hydrogens (tertiary/aromatic N) is 1. The molecule has 53 heavy (non-hydrogen) atoms. The topological polar surface area (TPSA) is 150 Å². The van der Waals surface area contributed by atoms with Crippen molar-refractivity contribution in [3.8, 4) is 22.3 Å². The number of hydrogen-bond acceptors (Lipinski definition) is 7. The molecule has 0 radical (unpaired) electrons. The molecule has 0 saturated carbocycles. The number of benzene rings is 4. The number of H-pyrrole nitrogens is 1. The van der Waals surface area contributed by atoms with Gasteiger partial charge in [-0.2, -0.15) is 0 Å². The first-order chi connectivity index (χ1) is 25.5. The Kier molecular flexibility index (Phi) is 14.1. The van der Waals surface area contributed by atoms with Gasteiger partial charge in [0.25, 0.3) is 11.1 Å². The molecule has 12 heteroatoms. The van der Waals surface area contributed by atoms with Crippen molar-refractivity contribution in [3.05, 3.63) is 154 Å². The average Bonchev–Trinajstić information content (AvgIpc) is 3.17. The van der Waals surface area contributed by atoms with Crippen molar-refractivity contribution in [3.63, 3.8) is 0 Å². The summed E-state index contributed by atoms with van der Waals surface area (Å²) in [5, 5.41) is 1.84. The Morgan fingerprint density at radius 3 is 1.92 bits per heavy atom. The van der Waals surface area contributed by atoms with Gasteiger partial charge in [0.15, 0.2) is 5.78 Å². The van der Waals surface area contributed by atoms with E-state index in [9.17, 15) is 28.0 Å². The lowest BCUT2D eigenvalue weighted by Gasteiger charge is -2.15. The SMILES string of the molecule is CCC(=O)/C=C/Cn1c(=O)c(N)c(-c2ccccc2)c2cc(F)ccc21.COC(=O)/C=C/CBr.Nc1c(-c2ccccc2)c2cc(F)ccc2[nH]c1=O. The molecule has 9 nitrogen and oxygen atoms in total. The van der Waals surface area contributed by atoms with Crippen LogP contribution < -0.4 is 22.6 Å². The first-order valence-corrected chi connectivity index (χ1v) is 17.5. The minimum atomic E-state index is -0.406. The number of allylic oxidation sites excluding steroid dienone is 3. The third kappa shape index (κ3) is 10.0. The number of carbonyl (C=O) groups is 2. The number of hydrogen-bond donors (Lipinski definition) is 3. The van der Waals surface area contributed by atoms with Crippen molar-refractivity contribution in [1.29, 1.82) is 0 Å². The number of ether oxygens (including phenoxy) is 1. The maximum atomic E-state index is 13.9. The minimum absolute atomic E-state index is 0.0257. The molecule has 0 fully saturated rings. The summed E-state index contributed by atoms with van der Waals surface area (Å²) < 4.78 is 33.1. The summed E-state index contributed by atoms with van der Waals surface area (Å²) in [6.07, 6.45) is 6.51. The predicted octanol–water partition coefficient (Wildman–Crippen LogP) is 7.95. The van der Waals surface area contributed by atoms with Crippen LogP contribution in [0.4, 0.5) is 20.2 Å². The number of nitrogens with one attached hydrogen (secondary N) is 1. The lowest BCUT2D eigenvalue weighted by atomic mass is 9.99. The number of nitrogens with two attached hydrogens (primary N) is 2. The first kappa shape index (κ1) is 39.6. The summed E-state index contributed by atoms with van der Waals surface area (Å²) in [5.41, 5.74) is 15.2. The summed E-state index contributed by atoms with van der Waals surface area (Å²) >= 11 is 3.11. The quantitative estimate of drug-likeness (QED) is 0.0806. The van der Waals surface area contributed by atoms with Gasteiger partial charge in [-0.3, -0.25) is 14.4 Å². The number of alkyl halides is 1. The molecule has 6 rings (SSSR count). The van der Waals surface area contributed by atoms with E-state index in [1.54, 1.807) is 25.1 Å². The van der Waals surface area contributed by atoms with Crippen LogP contribution in [0.2, 0.25) is 0 Å². The average molecular weight is 784 g/mol. The molecule has 272 valence electrons. The maximum absolute atomic E-state index is 13.9. The molecule has 0 saturated heterocycles. The fourth-order valence-corrected chi connectivity index (χ4v) is 5.55. The number of methoxy groups -OCH3 is 1. The number of esters is 1. The van der Waals surface area contributed by atoms with E-state index in [0.717, 1.165) is 11.1 Å². The molecule has 4 aromatic carbocycles. The Bertz CT molecular complexity index is 2410. The van der Waals surface area contributed by atoms with Gasteiger partial charge in [0.1, 0.15) is 23.0 Å². The monoisotopic (exact) mass is 782 g/mol. The van der Waals surface area contributed by atoms with E-state index >= 15 is 0 Å². The van der Waals surface area contributed by atoms with E-state index in [2.05, 4.69) is 25.7 Å². The third-order valence-electron chi connectivity index (χ3n) is 7.89. The highest BCUT2D eigenvalue weighted by Gasteiger charge is 2.16. The normalized spacial score (nSPS) is 10.9. The summed E-state index contributed by atoms with van der Waals surface area (Å²) in [6.45, 7) is 1.95. The molecule has 0 bridgehead atoms. The molecular formula is C41H37BrF2N4O5. The van der Waals surface area contributed by atoms with Crippen molar-refractivity contribution in [2.45, 2.75) is 19.9 Å². The van der Waals surface area contributed by atoms with E-state index in [0.29, 0.717) is 44.7 Å². The van der Waals surface area contributed by atoms with Gasteiger partial charge in [-0.25, -0.2) is 13.6 Å². The van der Waals surface area contributed by atoms with Crippen LogP contribution in [0.3, 0.4) is 0 Å². The van der Waals surface area contributed by atoms with Gasteiger partial charge in [0.2, 0.25) is 0 Å². The third-order valence-corrected chi connectivity index (χ3v) is 8.26. The van der Waals surface area contributed by atoms with Crippen LogP contribution in [-0.2, 0) is 20.9 Å². The first-order valence-electron chi connectivity index (χ1n) is 16.3. The lowest BCUT2D eigenvalue weighted by Crippen LogP contribution is -2.24. The molecule has 0 aliphatic carbocycles. The minimum Gasteiger partial charge on any atom is -0.466 e. The zero-order valence-corrected chi connectivity index (χ0v) is 30.5.